The SMILES string of the molecule is Nc1cnccc1C(=O)Nc1ccon1. The summed E-state index contributed by atoms with van der Waals surface area (Å²) >= 11 is 0. The van der Waals surface area contributed by atoms with Gasteiger partial charge in [0, 0.05) is 12.3 Å². The van der Waals surface area contributed by atoms with Gasteiger partial charge < -0.3 is 15.6 Å². The molecule has 2 rings (SSSR count). The summed E-state index contributed by atoms with van der Waals surface area (Å²) in [4.78, 5) is 15.4. The number of aromatic nitrogens is 2. The van der Waals surface area contributed by atoms with Crippen molar-refractivity contribution < 1.29 is 9.32 Å². The number of nitrogens with two attached hydrogens (primary N) is 1. The van der Waals surface area contributed by atoms with Gasteiger partial charge in [-0.25, -0.2) is 0 Å². The molecule has 76 valence electrons. The van der Waals surface area contributed by atoms with Gasteiger partial charge in [0.2, 0.25) is 0 Å². The van der Waals surface area contributed by atoms with Crippen LogP contribution in [0.5, 0.6) is 0 Å². The maximum atomic E-state index is 11.6. The molecule has 15 heavy (non-hydrogen) atoms. The lowest BCUT2D eigenvalue weighted by Gasteiger charge is -2.03. The van der Waals surface area contributed by atoms with Crippen molar-refractivity contribution in [1.82, 2.24) is 10.1 Å². The topological polar surface area (TPSA) is 94.0 Å². The van der Waals surface area contributed by atoms with Gasteiger partial charge in [-0.15, -0.1) is 0 Å². The molecule has 0 aliphatic heterocycles. The Balaban J connectivity index is 2.19. The molecule has 0 fully saturated rings. The van der Waals surface area contributed by atoms with Crippen molar-refractivity contribution in [3.63, 3.8) is 0 Å². The Morgan fingerprint density at radius 1 is 1.47 bits per heavy atom. The molecule has 3 N–H and O–H groups in total. The van der Waals surface area contributed by atoms with Crippen molar-refractivity contribution in [1.29, 1.82) is 0 Å². The zero-order valence-electron chi connectivity index (χ0n) is 7.68. The maximum absolute atomic E-state index is 11.6. The van der Waals surface area contributed by atoms with Crippen molar-refractivity contribution in [2.45, 2.75) is 0 Å². The van der Waals surface area contributed by atoms with Gasteiger partial charge in [0.25, 0.3) is 5.91 Å². The summed E-state index contributed by atoms with van der Waals surface area (Å²) in [7, 11) is 0. The second-order valence-corrected chi connectivity index (χ2v) is 2.80. The second-order valence-electron chi connectivity index (χ2n) is 2.80. The van der Waals surface area contributed by atoms with Gasteiger partial charge >= 0.3 is 0 Å². The number of nitrogens with one attached hydrogen (secondary N) is 1. The van der Waals surface area contributed by atoms with Gasteiger partial charge in [-0.2, -0.15) is 0 Å². The third-order valence-corrected chi connectivity index (χ3v) is 1.78. The van der Waals surface area contributed by atoms with Gasteiger partial charge in [0.05, 0.1) is 17.4 Å². The molecule has 0 aromatic carbocycles. The lowest BCUT2D eigenvalue weighted by molar-refractivity contribution is 0.102. The third-order valence-electron chi connectivity index (χ3n) is 1.78. The van der Waals surface area contributed by atoms with Crippen LogP contribution in [0.3, 0.4) is 0 Å². The van der Waals surface area contributed by atoms with Gasteiger partial charge in [0.15, 0.2) is 5.82 Å². The van der Waals surface area contributed by atoms with Crippen LogP contribution in [0.4, 0.5) is 11.5 Å². The summed E-state index contributed by atoms with van der Waals surface area (Å²) in [6.07, 6.45) is 4.28. The van der Waals surface area contributed by atoms with Crippen LogP contribution in [-0.2, 0) is 0 Å². The first-order chi connectivity index (χ1) is 7.27. The van der Waals surface area contributed by atoms with E-state index < -0.39 is 0 Å². The quantitative estimate of drug-likeness (QED) is 0.758. The van der Waals surface area contributed by atoms with Crippen LogP contribution in [0.2, 0.25) is 0 Å². The second kappa shape index (κ2) is 3.79. The number of carbonyl (C=O) groups excluding carboxylic acids is 1. The Labute approximate surface area is 85.1 Å². The molecular weight excluding hydrogens is 196 g/mol. The largest absolute Gasteiger partial charge is 0.397 e. The molecule has 6 nitrogen and oxygen atoms in total. The first-order valence-electron chi connectivity index (χ1n) is 4.18. The summed E-state index contributed by atoms with van der Waals surface area (Å²) < 4.78 is 4.57. The summed E-state index contributed by atoms with van der Waals surface area (Å²) in [5.74, 6) is 0.0000113. The predicted molar refractivity (Wildman–Crippen MR) is 53.1 cm³/mol. The number of hydrogen-bond acceptors (Lipinski definition) is 5. The summed E-state index contributed by atoms with van der Waals surface area (Å²) in [6.45, 7) is 0. The van der Waals surface area contributed by atoms with Crippen LogP contribution in [0.15, 0.2) is 35.3 Å². The fourth-order valence-electron chi connectivity index (χ4n) is 1.07. The van der Waals surface area contributed by atoms with Crippen molar-refractivity contribution in [3.05, 3.63) is 36.4 Å². The van der Waals surface area contributed by atoms with Crippen molar-refractivity contribution in [2.75, 3.05) is 11.1 Å². The van der Waals surface area contributed by atoms with Crippen LogP contribution < -0.4 is 11.1 Å². The first kappa shape index (κ1) is 9.20. The number of nitrogens with zero attached hydrogens (tertiary/aromatic N) is 2. The molecule has 0 atom stereocenters. The molecule has 2 heterocycles. The molecule has 0 spiro atoms. The summed E-state index contributed by atoms with van der Waals surface area (Å²) in [5.41, 5.74) is 6.26. The lowest BCUT2D eigenvalue weighted by Crippen LogP contribution is -2.14. The van der Waals surface area contributed by atoms with E-state index in [4.69, 9.17) is 5.73 Å². The average Bonchev–Trinajstić information content (AvgIpc) is 2.71. The molecule has 0 aliphatic carbocycles. The molecular formula is C9H8N4O2. The molecule has 1 amide bonds. The normalized spacial score (nSPS) is 9.87. The van der Waals surface area contributed by atoms with Crippen LogP contribution >= 0.6 is 0 Å². The van der Waals surface area contributed by atoms with E-state index in [1.807, 2.05) is 0 Å². The zero-order chi connectivity index (χ0) is 10.7. The number of rotatable bonds is 2. The Morgan fingerprint density at radius 3 is 3.00 bits per heavy atom. The minimum Gasteiger partial charge on any atom is -0.397 e. The smallest absolute Gasteiger partial charge is 0.259 e. The van der Waals surface area contributed by atoms with Gasteiger partial charge in [-0.05, 0) is 6.07 Å². The number of pyridine rings is 1. The van der Waals surface area contributed by atoms with Gasteiger partial charge in [0.1, 0.15) is 6.26 Å². The highest BCUT2D eigenvalue weighted by Crippen LogP contribution is 2.11. The molecule has 0 bridgehead atoms. The predicted octanol–water partition coefficient (Wildman–Crippen LogP) is 0.904. The number of anilines is 2. The van der Waals surface area contributed by atoms with E-state index in [1.54, 1.807) is 0 Å². The van der Waals surface area contributed by atoms with Crippen LogP contribution in [0, 0.1) is 0 Å². The highest BCUT2D eigenvalue weighted by atomic mass is 16.5. The molecule has 0 saturated heterocycles. The minimum absolute atomic E-state index is 0.318. The fraction of sp³-hybridized carbons (Fsp3) is 0. The number of carbonyl (C=O) groups is 1. The number of amides is 1. The number of hydrogen-bond donors (Lipinski definition) is 2. The lowest BCUT2D eigenvalue weighted by atomic mass is 10.2. The number of nitrogen functional groups attached to an aromatic ring is 1. The van der Waals surface area contributed by atoms with E-state index in [0.717, 1.165) is 0 Å². The minimum atomic E-state index is -0.344. The van der Waals surface area contributed by atoms with E-state index in [9.17, 15) is 4.79 Å². The molecule has 0 radical (unpaired) electrons. The summed E-state index contributed by atoms with van der Waals surface area (Å²) in [6, 6.07) is 3.07. The molecule has 6 heteroatoms. The zero-order valence-corrected chi connectivity index (χ0v) is 7.68. The maximum Gasteiger partial charge on any atom is 0.259 e. The Bertz CT molecular complexity index is 467. The molecule has 2 aromatic heterocycles. The van der Waals surface area contributed by atoms with Crippen molar-refractivity contribution >= 4 is 17.4 Å². The van der Waals surface area contributed by atoms with Crippen LogP contribution in [0.1, 0.15) is 10.4 Å². The average molecular weight is 204 g/mol. The molecule has 2 aromatic rings. The molecule has 0 aliphatic rings. The third kappa shape index (κ3) is 1.93. The van der Waals surface area contributed by atoms with Crippen molar-refractivity contribution in [3.8, 4) is 0 Å². The Hall–Kier alpha value is -2.37. The van der Waals surface area contributed by atoms with Crippen LogP contribution in [-0.4, -0.2) is 16.0 Å². The molecule has 0 unspecified atom stereocenters. The van der Waals surface area contributed by atoms with Crippen molar-refractivity contribution in [2.24, 2.45) is 0 Å². The van der Waals surface area contributed by atoms with Crippen LogP contribution in [0.25, 0.3) is 0 Å². The fourth-order valence-corrected chi connectivity index (χ4v) is 1.07. The Kier molecular flexibility index (Phi) is 2.32. The summed E-state index contributed by atoms with van der Waals surface area (Å²) in [5, 5.41) is 6.08. The van der Waals surface area contributed by atoms with E-state index in [0.29, 0.717) is 17.1 Å². The van der Waals surface area contributed by atoms with Gasteiger partial charge in [-0.1, -0.05) is 5.16 Å². The van der Waals surface area contributed by atoms with E-state index in [1.165, 1.54) is 30.8 Å². The molecule has 0 saturated carbocycles. The van der Waals surface area contributed by atoms with E-state index in [-0.39, 0.29) is 5.91 Å². The first-order valence-corrected chi connectivity index (χ1v) is 4.18. The van der Waals surface area contributed by atoms with E-state index >= 15 is 0 Å². The highest BCUT2D eigenvalue weighted by Gasteiger charge is 2.10. The monoisotopic (exact) mass is 204 g/mol. The Morgan fingerprint density at radius 2 is 2.33 bits per heavy atom. The standard InChI is InChI=1S/C9H8N4O2/c10-7-5-11-3-1-6(7)9(14)12-8-2-4-15-13-8/h1-5H,10H2,(H,12,13,14). The van der Waals surface area contributed by atoms with Gasteiger partial charge in [-0.3, -0.25) is 9.78 Å². The van der Waals surface area contributed by atoms with E-state index in [2.05, 4.69) is 20.0 Å². The highest BCUT2D eigenvalue weighted by molar-refractivity contribution is 6.07.